The van der Waals surface area contributed by atoms with Crippen molar-refractivity contribution in [2.75, 3.05) is 6.54 Å². The molecule has 1 fully saturated rings. The smallest absolute Gasteiger partial charge is 0.137 e. The first-order valence-corrected chi connectivity index (χ1v) is 6.55. The molecule has 0 spiro atoms. The van der Waals surface area contributed by atoms with Gasteiger partial charge in [0.15, 0.2) is 0 Å². The molecule has 88 valence electrons. The molecule has 0 heterocycles. The van der Waals surface area contributed by atoms with E-state index in [-0.39, 0.29) is 11.9 Å². The molecule has 3 unspecified atom stereocenters. The molecule has 1 aromatic carbocycles. The lowest BCUT2D eigenvalue weighted by atomic mass is 10.1. The summed E-state index contributed by atoms with van der Waals surface area (Å²) in [5.74, 6) is 1.50. The van der Waals surface area contributed by atoms with Crippen molar-refractivity contribution in [2.24, 2.45) is 11.8 Å². The molecular weight excluding hydrogens is 269 g/mol. The molecule has 2 rings (SSSR count). The van der Waals surface area contributed by atoms with Crippen LogP contribution in [0.5, 0.6) is 0 Å². The van der Waals surface area contributed by atoms with E-state index in [1.54, 1.807) is 12.1 Å². The van der Waals surface area contributed by atoms with Crippen molar-refractivity contribution in [2.45, 2.75) is 26.3 Å². The molecule has 0 bridgehead atoms. The highest BCUT2D eigenvalue weighted by Gasteiger charge is 2.32. The van der Waals surface area contributed by atoms with Gasteiger partial charge in [0.05, 0.1) is 4.47 Å². The maximum Gasteiger partial charge on any atom is 0.137 e. The van der Waals surface area contributed by atoms with Crippen LogP contribution in [0.25, 0.3) is 0 Å². The van der Waals surface area contributed by atoms with Crippen LogP contribution in [0.3, 0.4) is 0 Å². The maximum absolute atomic E-state index is 13.3. The molecule has 0 amide bonds. The minimum Gasteiger partial charge on any atom is -0.310 e. The quantitative estimate of drug-likeness (QED) is 0.885. The van der Waals surface area contributed by atoms with Crippen molar-refractivity contribution in [3.8, 4) is 0 Å². The van der Waals surface area contributed by atoms with Crippen LogP contribution in [0.4, 0.5) is 4.39 Å². The van der Waals surface area contributed by atoms with Gasteiger partial charge in [0, 0.05) is 6.04 Å². The van der Waals surface area contributed by atoms with E-state index < -0.39 is 0 Å². The van der Waals surface area contributed by atoms with Crippen molar-refractivity contribution >= 4 is 15.9 Å². The van der Waals surface area contributed by atoms with E-state index in [4.69, 9.17) is 0 Å². The molecular formula is C13H17BrFN. The van der Waals surface area contributed by atoms with Gasteiger partial charge in [-0.25, -0.2) is 4.39 Å². The summed E-state index contributed by atoms with van der Waals surface area (Å²) < 4.78 is 13.9. The number of nitrogens with one attached hydrogen (secondary N) is 1. The molecule has 16 heavy (non-hydrogen) atoms. The fourth-order valence-corrected chi connectivity index (χ4v) is 2.16. The Balaban J connectivity index is 1.92. The standard InChI is InChI=1S/C13H17BrFN/c1-8-5-11(8)7-16-9(2)10-3-4-12(14)13(15)6-10/h3-4,6,8-9,11,16H,5,7H2,1-2H3. The van der Waals surface area contributed by atoms with Crippen molar-refractivity contribution in [3.05, 3.63) is 34.1 Å². The van der Waals surface area contributed by atoms with Crippen LogP contribution >= 0.6 is 15.9 Å². The van der Waals surface area contributed by atoms with E-state index in [0.29, 0.717) is 4.47 Å². The summed E-state index contributed by atoms with van der Waals surface area (Å²) in [5.41, 5.74) is 1.01. The number of rotatable bonds is 4. The van der Waals surface area contributed by atoms with Crippen LogP contribution < -0.4 is 5.32 Å². The first-order valence-electron chi connectivity index (χ1n) is 5.76. The Morgan fingerprint density at radius 2 is 2.25 bits per heavy atom. The van der Waals surface area contributed by atoms with E-state index in [0.717, 1.165) is 23.9 Å². The molecule has 0 aromatic heterocycles. The fourth-order valence-electron chi connectivity index (χ4n) is 1.91. The van der Waals surface area contributed by atoms with Gasteiger partial charge >= 0.3 is 0 Å². The van der Waals surface area contributed by atoms with Gasteiger partial charge in [0.2, 0.25) is 0 Å². The van der Waals surface area contributed by atoms with Gasteiger partial charge in [-0.3, -0.25) is 0 Å². The van der Waals surface area contributed by atoms with Crippen molar-refractivity contribution < 1.29 is 4.39 Å². The van der Waals surface area contributed by atoms with Gasteiger partial charge < -0.3 is 5.32 Å². The Kier molecular flexibility index (Phi) is 3.65. The van der Waals surface area contributed by atoms with Gasteiger partial charge in [0.1, 0.15) is 5.82 Å². The number of halogens is 2. The normalized spacial score (nSPS) is 25.5. The molecule has 1 aromatic rings. The summed E-state index contributed by atoms with van der Waals surface area (Å²) in [6.45, 7) is 5.39. The molecule has 1 N–H and O–H groups in total. The van der Waals surface area contributed by atoms with Crippen LogP contribution in [0.1, 0.15) is 31.9 Å². The van der Waals surface area contributed by atoms with E-state index in [9.17, 15) is 4.39 Å². The molecule has 1 aliphatic rings. The Hall–Kier alpha value is -0.410. The zero-order valence-corrected chi connectivity index (χ0v) is 11.2. The van der Waals surface area contributed by atoms with Gasteiger partial charge in [-0.15, -0.1) is 0 Å². The fraction of sp³-hybridized carbons (Fsp3) is 0.538. The Labute approximate surface area is 105 Å². The predicted molar refractivity (Wildman–Crippen MR) is 67.8 cm³/mol. The predicted octanol–water partition coefficient (Wildman–Crippen LogP) is 3.89. The first kappa shape index (κ1) is 12.1. The summed E-state index contributed by atoms with van der Waals surface area (Å²) in [6, 6.07) is 5.54. The Bertz CT molecular complexity index is 380. The summed E-state index contributed by atoms with van der Waals surface area (Å²) in [5, 5.41) is 3.46. The van der Waals surface area contributed by atoms with Gasteiger partial charge in [-0.05, 0) is 65.4 Å². The molecule has 3 atom stereocenters. The molecule has 0 saturated heterocycles. The van der Waals surface area contributed by atoms with Crippen LogP contribution in [0.15, 0.2) is 22.7 Å². The largest absolute Gasteiger partial charge is 0.310 e. The highest BCUT2D eigenvalue weighted by molar-refractivity contribution is 9.10. The van der Waals surface area contributed by atoms with E-state index in [1.165, 1.54) is 6.42 Å². The maximum atomic E-state index is 13.3. The molecule has 1 nitrogen and oxygen atoms in total. The lowest BCUT2D eigenvalue weighted by molar-refractivity contribution is 0.530. The van der Waals surface area contributed by atoms with Crippen molar-refractivity contribution in [3.63, 3.8) is 0 Å². The zero-order chi connectivity index (χ0) is 11.7. The topological polar surface area (TPSA) is 12.0 Å². The average molecular weight is 286 g/mol. The highest BCUT2D eigenvalue weighted by atomic mass is 79.9. The average Bonchev–Trinajstić information content (AvgIpc) is 2.95. The molecule has 0 aliphatic heterocycles. The lowest BCUT2D eigenvalue weighted by Crippen LogP contribution is -2.21. The minimum atomic E-state index is -0.189. The number of benzene rings is 1. The summed E-state index contributed by atoms with van der Waals surface area (Å²) in [6.07, 6.45) is 1.33. The number of hydrogen-bond donors (Lipinski definition) is 1. The van der Waals surface area contributed by atoms with Crippen LogP contribution in [-0.4, -0.2) is 6.54 Å². The third kappa shape index (κ3) is 2.83. The SMILES string of the molecule is CC(NCC1CC1C)c1ccc(Br)c(F)c1. The van der Waals surface area contributed by atoms with E-state index >= 15 is 0 Å². The third-order valence-electron chi connectivity index (χ3n) is 3.41. The molecule has 1 saturated carbocycles. The Morgan fingerprint density at radius 1 is 1.56 bits per heavy atom. The zero-order valence-electron chi connectivity index (χ0n) is 9.63. The monoisotopic (exact) mass is 285 g/mol. The van der Waals surface area contributed by atoms with Crippen LogP contribution in [-0.2, 0) is 0 Å². The first-order chi connectivity index (χ1) is 7.58. The van der Waals surface area contributed by atoms with Crippen molar-refractivity contribution in [1.82, 2.24) is 5.32 Å². The third-order valence-corrected chi connectivity index (χ3v) is 4.05. The second-order valence-corrected chi connectivity index (χ2v) is 5.63. The summed E-state index contributed by atoms with van der Waals surface area (Å²) >= 11 is 3.16. The van der Waals surface area contributed by atoms with E-state index in [2.05, 4.69) is 35.1 Å². The number of hydrogen-bond acceptors (Lipinski definition) is 1. The van der Waals surface area contributed by atoms with Gasteiger partial charge in [-0.1, -0.05) is 13.0 Å². The molecule has 0 radical (unpaired) electrons. The second kappa shape index (κ2) is 4.84. The van der Waals surface area contributed by atoms with Gasteiger partial charge in [0.25, 0.3) is 0 Å². The highest BCUT2D eigenvalue weighted by Crippen LogP contribution is 2.37. The van der Waals surface area contributed by atoms with E-state index in [1.807, 2.05) is 6.07 Å². The lowest BCUT2D eigenvalue weighted by Gasteiger charge is -2.14. The van der Waals surface area contributed by atoms with Gasteiger partial charge in [-0.2, -0.15) is 0 Å². The summed E-state index contributed by atoms with van der Waals surface area (Å²) in [4.78, 5) is 0. The summed E-state index contributed by atoms with van der Waals surface area (Å²) in [7, 11) is 0. The van der Waals surface area contributed by atoms with Crippen LogP contribution in [0, 0.1) is 17.7 Å². The van der Waals surface area contributed by atoms with Crippen LogP contribution in [0.2, 0.25) is 0 Å². The molecule has 1 aliphatic carbocycles. The molecule has 3 heteroatoms. The minimum absolute atomic E-state index is 0.189. The van der Waals surface area contributed by atoms with Crippen molar-refractivity contribution in [1.29, 1.82) is 0 Å². The Morgan fingerprint density at radius 3 is 2.81 bits per heavy atom. The second-order valence-electron chi connectivity index (χ2n) is 4.78.